The average Bonchev–Trinajstić information content (AvgIpc) is 3.01. The lowest BCUT2D eigenvalue weighted by Gasteiger charge is -2.24. The van der Waals surface area contributed by atoms with Crippen LogP contribution in [0.25, 0.3) is 0 Å². The first-order valence-corrected chi connectivity index (χ1v) is 6.88. The molecule has 0 saturated carbocycles. The van der Waals surface area contributed by atoms with Gasteiger partial charge in [-0.1, -0.05) is 23.4 Å². The lowest BCUT2D eigenvalue weighted by molar-refractivity contribution is 0.189. The summed E-state index contributed by atoms with van der Waals surface area (Å²) in [5.41, 5.74) is 6.25. The second-order valence-corrected chi connectivity index (χ2v) is 4.84. The summed E-state index contributed by atoms with van der Waals surface area (Å²) >= 11 is 0. The fraction of sp³-hybridized carbons (Fsp3) is 0.429. The van der Waals surface area contributed by atoms with Gasteiger partial charge in [-0.2, -0.15) is 0 Å². The van der Waals surface area contributed by atoms with Crippen LogP contribution in [0.3, 0.4) is 0 Å². The van der Waals surface area contributed by atoms with E-state index in [1.54, 1.807) is 4.90 Å². The van der Waals surface area contributed by atoms with Crippen molar-refractivity contribution in [2.24, 2.45) is 10.9 Å². The largest absolute Gasteiger partial charge is 0.409 e. The number of carbonyl (C=O) groups excluding carboxylic acids is 1. The maximum Gasteiger partial charge on any atom is 0.322 e. The average molecular weight is 292 g/mol. The molecule has 0 aromatic heterocycles. The Bertz CT molecular complexity index is 486. The van der Waals surface area contributed by atoms with Crippen molar-refractivity contribution in [3.63, 3.8) is 0 Å². The van der Waals surface area contributed by atoms with Crippen LogP contribution in [0.4, 0.5) is 10.5 Å². The molecule has 7 nitrogen and oxygen atoms in total. The maximum absolute atomic E-state index is 12.4. The van der Waals surface area contributed by atoms with Crippen LogP contribution < -0.4 is 16.0 Å². The highest BCUT2D eigenvalue weighted by molar-refractivity contribution is 5.93. The third-order valence-electron chi connectivity index (χ3n) is 3.29. The normalized spacial score (nSPS) is 18.5. The molecule has 1 aromatic carbocycles. The molecular formula is C14H20N4O3. The van der Waals surface area contributed by atoms with Crippen LogP contribution in [0.2, 0.25) is 0 Å². The van der Waals surface area contributed by atoms with Gasteiger partial charge in [-0.25, -0.2) is 4.79 Å². The Morgan fingerprint density at radius 1 is 1.48 bits per heavy atom. The predicted octanol–water partition coefficient (Wildman–Crippen LogP) is 1.13. The zero-order chi connectivity index (χ0) is 15.1. The first kappa shape index (κ1) is 15.1. The number of amides is 2. The van der Waals surface area contributed by atoms with Crippen LogP contribution in [0.15, 0.2) is 35.5 Å². The lowest BCUT2D eigenvalue weighted by atomic mass is 10.2. The summed E-state index contributed by atoms with van der Waals surface area (Å²) in [7, 11) is 0. The number of carbonyl (C=O) groups is 1. The van der Waals surface area contributed by atoms with Gasteiger partial charge in [0.2, 0.25) is 0 Å². The number of amidine groups is 1. The Labute approximate surface area is 123 Å². The van der Waals surface area contributed by atoms with Gasteiger partial charge in [0.25, 0.3) is 0 Å². The number of nitrogens with one attached hydrogen (secondary N) is 1. The number of nitrogens with zero attached hydrogens (tertiary/aromatic N) is 2. The summed E-state index contributed by atoms with van der Waals surface area (Å²) in [5.74, 6) is 0.0907. The zero-order valence-electron chi connectivity index (χ0n) is 11.7. The summed E-state index contributed by atoms with van der Waals surface area (Å²) in [6.45, 7) is 1.54. The number of nitrogens with two attached hydrogens (primary N) is 1. The van der Waals surface area contributed by atoms with Gasteiger partial charge in [-0.3, -0.25) is 4.90 Å². The van der Waals surface area contributed by atoms with Crippen LogP contribution in [0.1, 0.15) is 12.8 Å². The first-order valence-electron chi connectivity index (χ1n) is 6.88. The molecule has 1 saturated heterocycles. The van der Waals surface area contributed by atoms with Gasteiger partial charge in [0.15, 0.2) is 0 Å². The van der Waals surface area contributed by atoms with Crippen molar-refractivity contribution in [1.29, 1.82) is 0 Å². The van der Waals surface area contributed by atoms with Crippen LogP contribution in [-0.2, 0) is 4.74 Å². The standard InChI is InChI=1S/C14H20N4O3/c15-13(17-20)6-8-18(12-4-2-1-3-5-12)14(19)16-11-7-9-21-10-11/h1-5,11,20H,6-10H2,(H2,15,17)(H,16,19). The predicted molar refractivity (Wildman–Crippen MR) is 79.6 cm³/mol. The minimum atomic E-state index is -0.206. The Balaban J connectivity index is 2.05. The van der Waals surface area contributed by atoms with Gasteiger partial charge in [0.1, 0.15) is 5.84 Å². The zero-order valence-corrected chi connectivity index (χ0v) is 11.7. The molecule has 1 aliphatic rings. The third kappa shape index (κ3) is 4.35. The minimum absolute atomic E-state index is 0.0348. The molecule has 0 radical (unpaired) electrons. The van der Waals surface area contributed by atoms with Crippen LogP contribution >= 0.6 is 0 Å². The smallest absolute Gasteiger partial charge is 0.322 e. The van der Waals surface area contributed by atoms with E-state index in [0.717, 1.165) is 12.1 Å². The molecule has 2 rings (SSSR count). The van der Waals surface area contributed by atoms with Crippen molar-refractivity contribution in [2.45, 2.75) is 18.9 Å². The monoisotopic (exact) mass is 292 g/mol. The van der Waals surface area contributed by atoms with E-state index in [4.69, 9.17) is 15.7 Å². The second kappa shape index (κ2) is 7.49. The number of ether oxygens (including phenoxy) is 1. The van der Waals surface area contributed by atoms with E-state index in [2.05, 4.69) is 10.5 Å². The molecule has 1 fully saturated rings. The van der Waals surface area contributed by atoms with E-state index in [1.165, 1.54) is 0 Å². The Morgan fingerprint density at radius 2 is 2.24 bits per heavy atom. The van der Waals surface area contributed by atoms with Gasteiger partial charge in [0.05, 0.1) is 12.6 Å². The number of hydrogen-bond donors (Lipinski definition) is 3. The van der Waals surface area contributed by atoms with Crippen molar-refractivity contribution in [2.75, 3.05) is 24.7 Å². The summed E-state index contributed by atoms with van der Waals surface area (Å²) in [6, 6.07) is 9.12. The van der Waals surface area contributed by atoms with E-state index in [0.29, 0.717) is 26.2 Å². The molecular weight excluding hydrogens is 272 g/mol. The van der Waals surface area contributed by atoms with E-state index in [1.807, 2.05) is 30.3 Å². The summed E-state index contributed by atoms with van der Waals surface area (Å²) in [6.07, 6.45) is 1.11. The lowest BCUT2D eigenvalue weighted by Crippen LogP contribution is -2.46. The highest BCUT2D eigenvalue weighted by Gasteiger charge is 2.22. The molecule has 1 atom stereocenters. The Hall–Kier alpha value is -2.28. The van der Waals surface area contributed by atoms with Crippen molar-refractivity contribution >= 4 is 17.6 Å². The van der Waals surface area contributed by atoms with E-state index in [9.17, 15) is 4.79 Å². The number of oxime groups is 1. The fourth-order valence-electron chi connectivity index (χ4n) is 2.13. The Kier molecular flexibility index (Phi) is 5.39. The van der Waals surface area contributed by atoms with E-state index in [-0.39, 0.29) is 17.9 Å². The molecule has 114 valence electrons. The molecule has 1 aromatic rings. The molecule has 1 aliphatic heterocycles. The van der Waals surface area contributed by atoms with Crippen molar-refractivity contribution in [3.8, 4) is 0 Å². The second-order valence-electron chi connectivity index (χ2n) is 4.84. The highest BCUT2D eigenvalue weighted by Crippen LogP contribution is 2.15. The third-order valence-corrected chi connectivity index (χ3v) is 3.29. The Morgan fingerprint density at radius 3 is 2.86 bits per heavy atom. The molecule has 1 unspecified atom stereocenters. The van der Waals surface area contributed by atoms with Crippen LogP contribution in [-0.4, -0.2) is 42.9 Å². The molecule has 0 aliphatic carbocycles. The van der Waals surface area contributed by atoms with Crippen molar-refractivity contribution in [1.82, 2.24) is 5.32 Å². The van der Waals surface area contributed by atoms with E-state index >= 15 is 0 Å². The number of urea groups is 1. The highest BCUT2D eigenvalue weighted by atomic mass is 16.5. The molecule has 2 amide bonds. The number of hydrogen-bond acceptors (Lipinski definition) is 4. The number of anilines is 1. The summed E-state index contributed by atoms with van der Waals surface area (Å²) in [5, 5.41) is 14.5. The SMILES string of the molecule is N/C(CCN(C(=O)NC1CCOC1)c1ccccc1)=N/O. The summed E-state index contributed by atoms with van der Waals surface area (Å²) < 4.78 is 5.25. The number of para-hydroxylation sites is 1. The van der Waals surface area contributed by atoms with Gasteiger partial charge < -0.3 is 21.0 Å². The summed E-state index contributed by atoms with van der Waals surface area (Å²) in [4.78, 5) is 14.0. The van der Waals surface area contributed by atoms with Crippen LogP contribution in [0.5, 0.6) is 0 Å². The number of rotatable bonds is 5. The van der Waals surface area contributed by atoms with Gasteiger partial charge in [-0.05, 0) is 18.6 Å². The molecule has 4 N–H and O–H groups in total. The van der Waals surface area contributed by atoms with Crippen molar-refractivity contribution in [3.05, 3.63) is 30.3 Å². The number of benzene rings is 1. The molecule has 7 heteroatoms. The first-order chi connectivity index (χ1) is 10.2. The van der Waals surface area contributed by atoms with Crippen LogP contribution in [0, 0.1) is 0 Å². The van der Waals surface area contributed by atoms with Crippen molar-refractivity contribution < 1.29 is 14.7 Å². The maximum atomic E-state index is 12.4. The van der Waals surface area contributed by atoms with Gasteiger partial charge >= 0.3 is 6.03 Å². The topological polar surface area (TPSA) is 100 Å². The van der Waals surface area contributed by atoms with E-state index < -0.39 is 0 Å². The molecule has 0 spiro atoms. The molecule has 1 heterocycles. The van der Waals surface area contributed by atoms with Gasteiger partial charge in [-0.15, -0.1) is 0 Å². The minimum Gasteiger partial charge on any atom is -0.409 e. The van der Waals surface area contributed by atoms with Gasteiger partial charge in [0, 0.05) is 25.3 Å². The quantitative estimate of drug-likeness (QED) is 0.328. The fourth-order valence-corrected chi connectivity index (χ4v) is 2.13. The molecule has 21 heavy (non-hydrogen) atoms. The molecule has 0 bridgehead atoms.